The number of amides is 1. The number of aromatic nitrogens is 2. The van der Waals surface area contributed by atoms with Crippen LogP contribution in [0.4, 0.5) is 0 Å². The van der Waals surface area contributed by atoms with Crippen LogP contribution in [0.1, 0.15) is 16.1 Å². The number of carbonyl (C=O) groups excluding carboxylic acids is 1. The van der Waals surface area contributed by atoms with Gasteiger partial charge in [0.05, 0.1) is 29.0 Å². The smallest absolute Gasteiger partial charge is 0.275 e. The lowest BCUT2D eigenvalue weighted by atomic mass is 10.2. The number of phenolic OH excluding ortho intramolecular Hbond substituents is 1. The van der Waals surface area contributed by atoms with Gasteiger partial charge in [0.15, 0.2) is 0 Å². The van der Waals surface area contributed by atoms with Gasteiger partial charge in [-0.25, -0.2) is 10.4 Å². The van der Waals surface area contributed by atoms with Crippen molar-refractivity contribution >= 4 is 34.8 Å². The van der Waals surface area contributed by atoms with Crippen molar-refractivity contribution in [2.45, 2.75) is 0 Å². The zero-order chi connectivity index (χ0) is 16.2. The molecule has 0 aliphatic heterocycles. The zero-order valence-corrected chi connectivity index (χ0v) is 12.5. The van der Waals surface area contributed by atoms with E-state index in [0.717, 1.165) is 11.0 Å². The molecule has 0 aliphatic carbocycles. The molecule has 23 heavy (non-hydrogen) atoms. The van der Waals surface area contributed by atoms with Gasteiger partial charge >= 0.3 is 0 Å². The summed E-state index contributed by atoms with van der Waals surface area (Å²) in [6.07, 6.45) is 2.92. The molecule has 0 saturated carbocycles. The Labute approximate surface area is 136 Å². The molecule has 0 spiro atoms. The van der Waals surface area contributed by atoms with Gasteiger partial charge in [-0.15, -0.1) is 0 Å². The maximum Gasteiger partial charge on any atom is 0.275 e. The van der Waals surface area contributed by atoms with Gasteiger partial charge in [-0.1, -0.05) is 23.7 Å². The number of fused-ring (bicyclic) bond motifs is 1. The monoisotopic (exact) mass is 326 g/mol. The van der Waals surface area contributed by atoms with Gasteiger partial charge in [-0.2, -0.15) is 5.10 Å². The lowest BCUT2D eigenvalue weighted by molar-refractivity contribution is 0.0952. The second-order valence-electron chi connectivity index (χ2n) is 4.64. The van der Waals surface area contributed by atoms with Gasteiger partial charge < -0.3 is 5.11 Å². The number of hydrazone groups is 1. The Balaban J connectivity index is 1.74. The number of para-hydroxylation sites is 2. The summed E-state index contributed by atoms with van der Waals surface area (Å²) in [6.45, 7) is 0. The molecule has 3 aromatic rings. The molecule has 0 saturated heterocycles. The topological polar surface area (TPSA) is 87.5 Å². The first-order valence-corrected chi connectivity index (χ1v) is 7.05. The molecule has 0 fully saturated rings. The highest BCUT2D eigenvalue weighted by molar-refractivity contribution is 6.31. The van der Waals surface area contributed by atoms with Crippen LogP contribution in [0.15, 0.2) is 53.8 Å². The molecular weight excluding hydrogens is 316 g/mol. The van der Waals surface area contributed by atoms with Gasteiger partial charge in [-0.05, 0) is 30.3 Å². The van der Waals surface area contributed by atoms with Crippen molar-refractivity contribution in [3.63, 3.8) is 0 Å². The van der Waals surface area contributed by atoms with Crippen molar-refractivity contribution in [1.29, 1.82) is 0 Å². The van der Waals surface area contributed by atoms with Crippen LogP contribution in [0, 0.1) is 0 Å². The Hall–Kier alpha value is -2.99. The Bertz CT molecular complexity index is 911. The van der Waals surface area contributed by atoms with Crippen molar-refractivity contribution in [2.75, 3.05) is 0 Å². The third kappa shape index (κ3) is 3.44. The van der Waals surface area contributed by atoms with Crippen molar-refractivity contribution in [3.8, 4) is 5.75 Å². The van der Waals surface area contributed by atoms with Crippen molar-refractivity contribution in [3.05, 3.63) is 64.9 Å². The summed E-state index contributed by atoms with van der Waals surface area (Å²) in [7, 11) is 0. The average Bonchev–Trinajstić information content (AvgIpc) is 2.57. The summed E-state index contributed by atoms with van der Waals surface area (Å²) in [4.78, 5) is 20.5. The minimum absolute atomic E-state index is 0.0410. The molecule has 2 N–H and O–H groups in total. The number of halogens is 1. The van der Waals surface area contributed by atoms with E-state index in [0.29, 0.717) is 10.7 Å². The van der Waals surface area contributed by atoms with Crippen LogP contribution in [-0.2, 0) is 0 Å². The Morgan fingerprint density at radius 2 is 2.00 bits per heavy atom. The summed E-state index contributed by atoms with van der Waals surface area (Å²) in [5.74, 6) is -0.748. The lowest BCUT2D eigenvalue weighted by Crippen LogP contribution is -2.17. The summed E-state index contributed by atoms with van der Waals surface area (Å²) in [5, 5.41) is 13.8. The number of rotatable bonds is 3. The molecule has 2 aromatic carbocycles. The van der Waals surface area contributed by atoms with Crippen molar-refractivity contribution < 1.29 is 9.90 Å². The fourth-order valence-corrected chi connectivity index (χ4v) is 2.11. The predicted octanol–water partition coefficient (Wildman–Crippen LogP) is 2.75. The van der Waals surface area contributed by atoms with E-state index in [-0.39, 0.29) is 11.3 Å². The highest BCUT2D eigenvalue weighted by Gasteiger charge is 2.10. The molecule has 6 nitrogen and oxygen atoms in total. The van der Waals surface area contributed by atoms with Gasteiger partial charge in [0.25, 0.3) is 5.91 Å². The lowest BCUT2D eigenvalue weighted by Gasteiger charge is -2.03. The second-order valence-corrected chi connectivity index (χ2v) is 5.08. The number of aromatic hydroxyl groups is 1. The molecule has 0 unspecified atom stereocenters. The standard InChI is InChI=1S/C16H11ClN4O2/c17-10-5-6-15(22)12(7-10)16(23)21-19-9-11-8-18-13-3-1-2-4-14(13)20-11/h1-9,22H,(H,21,23)/b19-9-. The zero-order valence-electron chi connectivity index (χ0n) is 11.8. The fraction of sp³-hybridized carbons (Fsp3) is 0. The molecule has 114 valence electrons. The van der Waals surface area contributed by atoms with Crippen LogP contribution in [0.5, 0.6) is 5.75 Å². The van der Waals surface area contributed by atoms with Gasteiger partial charge in [0, 0.05) is 5.02 Å². The first-order valence-electron chi connectivity index (χ1n) is 6.67. The van der Waals surface area contributed by atoms with E-state index in [1.165, 1.54) is 24.4 Å². The number of hydrogen-bond donors (Lipinski definition) is 2. The largest absolute Gasteiger partial charge is 0.507 e. The van der Waals surface area contributed by atoms with E-state index in [4.69, 9.17) is 11.6 Å². The SMILES string of the molecule is O=C(N/N=C\c1cnc2ccccc2n1)c1cc(Cl)ccc1O. The van der Waals surface area contributed by atoms with Crippen LogP contribution in [-0.4, -0.2) is 27.2 Å². The molecule has 0 atom stereocenters. The van der Waals surface area contributed by atoms with E-state index in [9.17, 15) is 9.90 Å². The van der Waals surface area contributed by atoms with Gasteiger partial charge in [-0.3, -0.25) is 9.78 Å². The minimum Gasteiger partial charge on any atom is -0.507 e. The van der Waals surface area contributed by atoms with E-state index in [1.54, 1.807) is 6.20 Å². The molecule has 0 aliphatic rings. The van der Waals surface area contributed by atoms with Crippen LogP contribution in [0.3, 0.4) is 0 Å². The Morgan fingerprint density at radius 1 is 1.22 bits per heavy atom. The normalized spacial score (nSPS) is 11.0. The van der Waals surface area contributed by atoms with Gasteiger partial charge in [0.1, 0.15) is 11.4 Å². The van der Waals surface area contributed by atoms with Crippen LogP contribution >= 0.6 is 11.6 Å². The Morgan fingerprint density at radius 3 is 2.83 bits per heavy atom. The van der Waals surface area contributed by atoms with Crippen molar-refractivity contribution in [2.24, 2.45) is 5.10 Å². The van der Waals surface area contributed by atoms with E-state index < -0.39 is 5.91 Å². The van der Waals surface area contributed by atoms with E-state index >= 15 is 0 Å². The van der Waals surface area contributed by atoms with Crippen LogP contribution in [0.2, 0.25) is 5.02 Å². The molecule has 3 rings (SSSR count). The van der Waals surface area contributed by atoms with Gasteiger partial charge in [0.2, 0.25) is 0 Å². The molecule has 1 amide bonds. The average molecular weight is 327 g/mol. The molecule has 1 aromatic heterocycles. The Kier molecular flexibility index (Phi) is 4.16. The maximum absolute atomic E-state index is 11.9. The van der Waals surface area contributed by atoms with Crippen LogP contribution in [0.25, 0.3) is 11.0 Å². The summed E-state index contributed by atoms with van der Waals surface area (Å²) < 4.78 is 0. The molecular formula is C16H11ClN4O2. The highest BCUT2D eigenvalue weighted by atomic mass is 35.5. The fourth-order valence-electron chi connectivity index (χ4n) is 1.94. The van der Waals surface area contributed by atoms with E-state index in [2.05, 4.69) is 20.5 Å². The molecule has 0 radical (unpaired) electrons. The first-order chi connectivity index (χ1) is 11.1. The number of hydrogen-bond acceptors (Lipinski definition) is 5. The van der Waals surface area contributed by atoms with Crippen molar-refractivity contribution in [1.82, 2.24) is 15.4 Å². The summed E-state index contributed by atoms with van der Waals surface area (Å²) >= 11 is 5.80. The minimum atomic E-state index is -0.574. The number of phenols is 1. The van der Waals surface area contributed by atoms with E-state index in [1.807, 2.05) is 24.3 Å². The second kappa shape index (κ2) is 6.41. The third-order valence-electron chi connectivity index (χ3n) is 3.03. The molecule has 7 heteroatoms. The number of benzene rings is 2. The summed E-state index contributed by atoms with van der Waals surface area (Å²) in [6, 6.07) is 11.6. The first kappa shape index (κ1) is 14.9. The quantitative estimate of drug-likeness (QED) is 0.572. The predicted molar refractivity (Wildman–Crippen MR) is 87.7 cm³/mol. The maximum atomic E-state index is 11.9. The summed E-state index contributed by atoms with van der Waals surface area (Å²) in [5.41, 5.74) is 4.36. The van der Waals surface area contributed by atoms with Crippen LogP contribution < -0.4 is 5.43 Å². The number of nitrogens with zero attached hydrogens (tertiary/aromatic N) is 3. The third-order valence-corrected chi connectivity index (χ3v) is 3.27. The molecule has 1 heterocycles. The number of carbonyl (C=O) groups is 1. The number of nitrogens with one attached hydrogen (secondary N) is 1. The highest BCUT2D eigenvalue weighted by Crippen LogP contribution is 2.21. The molecule has 0 bridgehead atoms.